The predicted molar refractivity (Wildman–Crippen MR) is 52.8 cm³/mol. The Balaban J connectivity index is 0.000000310. The largest absolute Gasteiger partial charge is 0.480 e. The van der Waals surface area contributed by atoms with Crippen LogP contribution in [0.5, 0.6) is 0 Å². The van der Waals surface area contributed by atoms with Crippen molar-refractivity contribution in [3.63, 3.8) is 0 Å². The Bertz CT molecular complexity index is 158. The normalized spacial score (nSPS) is 16.2. The molecule has 0 bridgehead atoms. The van der Waals surface area contributed by atoms with Crippen molar-refractivity contribution in [2.45, 2.75) is 3.67 Å². The monoisotopic (exact) mass is 194 g/mol. The van der Waals surface area contributed by atoms with Crippen LogP contribution in [0.1, 0.15) is 0 Å². The van der Waals surface area contributed by atoms with Gasteiger partial charge in [0.2, 0.25) is 0 Å². The van der Waals surface area contributed by atoms with E-state index < -0.39 is 5.97 Å². The first kappa shape index (κ1) is 13.1. The summed E-state index contributed by atoms with van der Waals surface area (Å²) < 4.78 is 1.22. The van der Waals surface area contributed by atoms with E-state index in [2.05, 4.69) is 11.9 Å². The molecule has 13 heavy (non-hydrogen) atoms. The van der Waals surface area contributed by atoms with Gasteiger partial charge in [0.1, 0.15) is 0 Å². The predicted octanol–water partition coefficient (Wildman–Crippen LogP) is -0.307. The second-order valence-corrected chi connectivity index (χ2v) is 3.62. The number of carbonyl (C=O) groups is 1. The van der Waals surface area contributed by atoms with Crippen LogP contribution in [0.15, 0.2) is 12.7 Å². The van der Waals surface area contributed by atoms with E-state index in [9.17, 15) is 4.79 Å². The zero-order valence-electron chi connectivity index (χ0n) is 8.12. The summed E-state index contributed by atoms with van der Waals surface area (Å²) in [5.41, 5.74) is 0. The zero-order valence-corrected chi connectivity index (χ0v) is 10.1. The topological polar surface area (TPSA) is 52.6 Å². The molecule has 5 heteroatoms. The third kappa shape index (κ3) is 8.46. The van der Waals surface area contributed by atoms with Gasteiger partial charge in [0.15, 0.2) is 0 Å². The van der Waals surface area contributed by atoms with Crippen LogP contribution in [0.25, 0.3) is 0 Å². The third-order valence-corrected chi connectivity index (χ3v) is 2.17. The molecule has 0 spiro atoms. The SMILES string of the molecule is C=C[CH2][Na].O=C(O)CN1CCNC1. The maximum atomic E-state index is 10.1. The number of rotatable bonds is 3. The fourth-order valence-electron chi connectivity index (χ4n) is 0.880. The number of nitrogens with zero attached hydrogens (tertiary/aromatic N) is 1. The van der Waals surface area contributed by atoms with E-state index in [0.717, 1.165) is 13.1 Å². The standard InChI is InChI=1S/C5H10N2O2.C3H5.Na/c8-5(9)3-7-2-1-6-4-7;1-3-2;/h6H,1-4H2,(H,8,9);3H,1-2H2;. The van der Waals surface area contributed by atoms with Crippen LogP contribution >= 0.6 is 0 Å². The Labute approximate surface area is 96.4 Å². The summed E-state index contributed by atoms with van der Waals surface area (Å²) in [4.78, 5) is 11.9. The Morgan fingerprint density at radius 2 is 2.38 bits per heavy atom. The fourth-order valence-corrected chi connectivity index (χ4v) is 0.880. The molecule has 0 saturated carbocycles. The number of hydrogen-bond acceptors (Lipinski definition) is 3. The van der Waals surface area contributed by atoms with E-state index in [4.69, 9.17) is 5.11 Å². The minimum absolute atomic E-state index is 0.160. The van der Waals surface area contributed by atoms with Crippen LogP contribution in [0.4, 0.5) is 0 Å². The summed E-state index contributed by atoms with van der Waals surface area (Å²) in [5, 5.41) is 11.3. The average Bonchev–Trinajstić information content (AvgIpc) is 2.56. The summed E-state index contributed by atoms with van der Waals surface area (Å²) in [6.45, 7) is 6.15. The Morgan fingerprint density at radius 1 is 1.77 bits per heavy atom. The summed E-state index contributed by atoms with van der Waals surface area (Å²) in [7, 11) is 0. The maximum absolute atomic E-state index is 10.1. The fraction of sp³-hybridized carbons (Fsp3) is 0.625. The van der Waals surface area contributed by atoms with Gasteiger partial charge in [-0.15, -0.1) is 0 Å². The van der Waals surface area contributed by atoms with Crippen molar-refractivity contribution in [1.82, 2.24) is 10.2 Å². The summed E-state index contributed by atoms with van der Waals surface area (Å²) >= 11 is 1.27. The first-order valence-electron chi connectivity index (χ1n) is 4.46. The Hall–Kier alpha value is 0.130. The van der Waals surface area contributed by atoms with Gasteiger partial charge in [-0.25, -0.2) is 0 Å². The van der Waals surface area contributed by atoms with Crippen molar-refractivity contribution in [1.29, 1.82) is 0 Å². The molecule has 0 unspecified atom stereocenters. The van der Waals surface area contributed by atoms with E-state index in [1.165, 1.54) is 31.6 Å². The molecule has 1 fully saturated rings. The number of allylic oxidation sites excluding steroid dienone is 1. The van der Waals surface area contributed by atoms with Crippen LogP contribution in [0, 0.1) is 0 Å². The second-order valence-electron chi connectivity index (χ2n) is 2.80. The van der Waals surface area contributed by atoms with Gasteiger partial charge in [0.05, 0.1) is 6.54 Å². The van der Waals surface area contributed by atoms with Crippen LogP contribution in [0.3, 0.4) is 0 Å². The van der Waals surface area contributed by atoms with Gasteiger partial charge in [0.25, 0.3) is 0 Å². The molecular formula is C8H15N2NaO2. The molecular weight excluding hydrogens is 179 g/mol. The first-order chi connectivity index (χ1) is 6.20. The van der Waals surface area contributed by atoms with E-state index in [1.54, 1.807) is 0 Å². The minimum Gasteiger partial charge on any atom is -0.480 e. The van der Waals surface area contributed by atoms with E-state index in [1.807, 2.05) is 11.0 Å². The van der Waals surface area contributed by atoms with Crippen LogP contribution in [-0.4, -0.2) is 70.2 Å². The number of hydrogen-bond donors (Lipinski definition) is 2. The molecule has 0 radical (unpaired) electrons. The van der Waals surface area contributed by atoms with Crippen LogP contribution in [-0.2, 0) is 4.79 Å². The van der Waals surface area contributed by atoms with Gasteiger partial charge in [-0.3, -0.25) is 9.69 Å². The van der Waals surface area contributed by atoms with Crippen LogP contribution in [0.2, 0.25) is 3.67 Å². The Morgan fingerprint density at radius 3 is 2.69 bits per heavy atom. The molecule has 0 atom stereocenters. The molecule has 70 valence electrons. The minimum atomic E-state index is -0.751. The summed E-state index contributed by atoms with van der Waals surface area (Å²) in [6, 6.07) is 0. The van der Waals surface area contributed by atoms with Gasteiger partial charge in [-0.2, -0.15) is 0 Å². The molecule has 1 rings (SSSR count). The molecule has 0 aliphatic carbocycles. The van der Waals surface area contributed by atoms with Crippen LogP contribution < -0.4 is 5.32 Å². The number of carboxylic acid groups (broad SMARTS) is 1. The number of nitrogens with one attached hydrogen (secondary N) is 1. The molecule has 2 N–H and O–H groups in total. The smallest absolute Gasteiger partial charge is 0.317 e. The third-order valence-electron chi connectivity index (χ3n) is 1.59. The average molecular weight is 194 g/mol. The first-order valence-corrected chi connectivity index (χ1v) is 5.87. The second kappa shape index (κ2) is 8.72. The molecule has 1 aliphatic heterocycles. The van der Waals surface area contributed by atoms with Gasteiger partial charge < -0.3 is 10.4 Å². The molecule has 1 heterocycles. The van der Waals surface area contributed by atoms with Crippen molar-refractivity contribution in [3.8, 4) is 0 Å². The van der Waals surface area contributed by atoms with Gasteiger partial charge in [-0.05, 0) is 0 Å². The summed E-state index contributed by atoms with van der Waals surface area (Å²) in [5.74, 6) is -0.751. The maximum Gasteiger partial charge on any atom is 0.317 e. The number of carboxylic acids is 1. The molecule has 0 aromatic rings. The van der Waals surface area contributed by atoms with Gasteiger partial charge in [-0.1, -0.05) is 0 Å². The van der Waals surface area contributed by atoms with E-state index >= 15 is 0 Å². The molecule has 0 amide bonds. The molecule has 1 saturated heterocycles. The number of aliphatic carboxylic acids is 1. The summed E-state index contributed by atoms with van der Waals surface area (Å²) in [6.07, 6.45) is 1.94. The molecule has 0 aromatic heterocycles. The van der Waals surface area contributed by atoms with Crippen molar-refractivity contribution in [2.75, 3.05) is 26.3 Å². The van der Waals surface area contributed by atoms with Crippen molar-refractivity contribution >= 4 is 33.9 Å². The quantitative estimate of drug-likeness (QED) is 0.478. The molecule has 4 nitrogen and oxygen atoms in total. The zero-order chi connectivity index (χ0) is 10.1. The van der Waals surface area contributed by atoms with E-state index in [0.29, 0.717) is 6.67 Å². The van der Waals surface area contributed by atoms with Crippen molar-refractivity contribution in [2.24, 2.45) is 0 Å². The van der Waals surface area contributed by atoms with Crippen molar-refractivity contribution < 1.29 is 9.90 Å². The van der Waals surface area contributed by atoms with Gasteiger partial charge >= 0.3 is 50.2 Å². The van der Waals surface area contributed by atoms with E-state index in [-0.39, 0.29) is 6.54 Å². The Kier molecular flexibility index (Phi) is 8.80. The van der Waals surface area contributed by atoms with Gasteiger partial charge in [0, 0.05) is 19.8 Å². The molecule has 1 aliphatic rings. The molecule has 0 aromatic carbocycles. The van der Waals surface area contributed by atoms with Crippen molar-refractivity contribution in [3.05, 3.63) is 12.7 Å².